The van der Waals surface area contributed by atoms with Crippen molar-refractivity contribution >= 4 is 11.7 Å². The predicted molar refractivity (Wildman–Crippen MR) is 41.6 cm³/mol. The lowest BCUT2D eigenvalue weighted by molar-refractivity contribution is 0.603. The van der Waals surface area contributed by atoms with Gasteiger partial charge in [-0.3, -0.25) is 0 Å². The van der Waals surface area contributed by atoms with Crippen molar-refractivity contribution in [2.24, 2.45) is 0 Å². The minimum Gasteiger partial charge on any atom is -0.0917 e. The summed E-state index contributed by atoms with van der Waals surface area (Å²) in [6.07, 6.45) is 7.51. The normalized spacial score (nSPS) is 10.3. The maximum absolute atomic E-state index is 9.86. The number of unbranched alkanes of at least 4 members (excludes halogenated alkanes) is 2. The molecule has 0 aliphatic heterocycles. The van der Waals surface area contributed by atoms with E-state index >= 15 is 0 Å². The van der Waals surface area contributed by atoms with Crippen LogP contribution in [-0.2, 0) is 15.9 Å². The molecule has 0 rings (SSSR count). The van der Waals surface area contributed by atoms with E-state index < -0.39 is 0 Å². The maximum atomic E-state index is 9.86. The summed E-state index contributed by atoms with van der Waals surface area (Å²) >= 11 is 0.686. The van der Waals surface area contributed by atoms with Gasteiger partial charge >= 0.3 is 11.7 Å². The van der Waals surface area contributed by atoms with Crippen molar-refractivity contribution in [2.45, 2.75) is 26.2 Å². The molecule has 0 aliphatic carbocycles. The molecule has 0 atom stereocenters. The van der Waals surface area contributed by atoms with E-state index in [0.717, 1.165) is 25.0 Å². The van der Waals surface area contributed by atoms with E-state index in [1.165, 1.54) is 0 Å². The van der Waals surface area contributed by atoms with Crippen LogP contribution in [0.5, 0.6) is 0 Å². The molecular formula is C7H13OS+. The third kappa shape index (κ3) is 7.76. The fourth-order valence-corrected chi connectivity index (χ4v) is 0.912. The van der Waals surface area contributed by atoms with Crippen LogP contribution in [0.3, 0.4) is 0 Å². The molecule has 52 valence electrons. The van der Waals surface area contributed by atoms with Gasteiger partial charge in [0.25, 0.3) is 0 Å². The molecule has 0 saturated carbocycles. The predicted octanol–water partition coefficient (Wildman–Crippen LogP) is 2.16. The Morgan fingerprint density at radius 1 is 1.44 bits per heavy atom. The molecule has 9 heavy (non-hydrogen) atoms. The van der Waals surface area contributed by atoms with E-state index in [1.54, 1.807) is 0 Å². The van der Waals surface area contributed by atoms with Gasteiger partial charge in [0, 0.05) is 10.6 Å². The first-order valence-electron chi connectivity index (χ1n) is 3.27. The maximum Gasteiger partial charge on any atom is 0.458 e. The van der Waals surface area contributed by atoms with E-state index in [0.29, 0.717) is 11.7 Å². The molecule has 0 spiro atoms. The summed E-state index contributed by atoms with van der Waals surface area (Å²) in [6, 6.07) is 0. The summed E-state index contributed by atoms with van der Waals surface area (Å²) in [4.78, 5) is 0. The minimum absolute atomic E-state index is 0.686. The first-order valence-corrected chi connectivity index (χ1v) is 4.18. The summed E-state index contributed by atoms with van der Waals surface area (Å²) in [6.45, 7) is 2.02. The van der Waals surface area contributed by atoms with Gasteiger partial charge in [-0.05, 0) is 19.8 Å². The molecule has 0 heterocycles. The third-order valence-electron chi connectivity index (χ3n) is 1.08. The van der Waals surface area contributed by atoms with Gasteiger partial charge < -0.3 is 0 Å². The quantitative estimate of drug-likeness (QED) is 0.329. The van der Waals surface area contributed by atoms with E-state index in [4.69, 9.17) is 0 Å². The zero-order chi connectivity index (χ0) is 6.95. The molecule has 0 aromatic heterocycles. The Morgan fingerprint density at radius 3 is 2.78 bits per heavy atom. The van der Waals surface area contributed by atoms with Crippen LogP contribution in [0.1, 0.15) is 26.2 Å². The van der Waals surface area contributed by atoms with Gasteiger partial charge in [0.15, 0.2) is 0 Å². The average molecular weight is 145 g/mol. The first-order chi connectivity index (χ1) is 4.41. The van der Waals surface area contributed by atoms with Crippen molar-refractivity contribution in [2.75, 3.05) is 5.75 Å². The summed E-state index contributed by atoms with van der Waals surface area (Å²) in [5.41, 5.74) is 0. The van der Waals surface area contributed by atoms with Gasteiger partial charge in [0.05, 0.1) is 0 Å². The SMILES string of the molecule is CC=CCCCC[S+]=O. The lowest BCUT2D eigenvalue weighted by Crippen LogP contribution is -1.79. The van der Waals surface area contributed by atoms with E-state index in [9.17, 15) is 4.21 Å². The van der Waals surface area contributed by atoms with Crippen molar-refractivity contribution in [3.05, 3.63) is 12.2 Å². The van der Waals surface area contributed by atoms with Gasteiger partial charge in [0.2, 0.25) is 5.75 Å². The van der Waals surface area contributed by atoms with Crippen LogP contribution in [0.25, 0.3) is 0 Å². The van der Waals surface area contributed by atoms with E-state index in [2.05, 4.69) is 6.08 Å². The van der Waals surface area contributed by atoms with Crippen LogP contribution in [-0.4, -0.2) is 5.75 Å². The van der Waals surface area contributed by atoms with Crippen molar-refractivity contribution in [3.63, 3.8) is 0 Å². The van der Waals surface area contributed by atoms with E-state index in [-0.39, 0.29) is 0 Å². The minimum atomic E-state index is 0.686. The van der Waals surface area contributed by atoms with Gasteiger partial charge in [-0.1, -0.05) is 12.2 Å². The smallest absolute Gasteiger partial charge is 0.0917 e. The molecule has 0 aliphatic rings. The zero-order valence-electron chi connectivity index (χ0n) is 5.80. The van der Waals surface area contributed by atoms with Crippen LogP contribution in [0.4, 0.5) is 0 Å². The van der Waals surface area contributed by atoms with Crippen LogP contribution in [0.15, 0.2) is 12.2 Å². The highest BCUT2D eigenvalue weighted by molar-refractivity contribution is 7.65. The van der Waals surface area contributed by atoms with Crippen LogP contribution in [0.2, 0.25) is 0 Å². The number of hydrogen-bond donors (Lipinski definition) is 0. The van der Waals surface area contributed by atoms with Crippen molar-refractivity contribution in [3.8, 4) is 0 Å². The van der Waals surface area contributed by atoms with Crippen molar-refractivity contribution in [1.82, 2.24) is 0 Å². The summed E-state index contributed by atoms with van der Waals surface area (Å²) < 4.78 is 9.86. The Labute approximate surface area is 60.6 Å². The Morgan fingerprint density at radius 2 is 2.22 bits per heavy atom. The van der Waals surface area contributed by atoms with Gasteiger partial charge in [-0.25, -0.2) is 0 Å². The van der Waals surface area contributed by atoms with Crippen LogP contribution >= 0.6 is 0 Å². The molecule has 0 N–H and O–H groups in total. The number of rotatable bonds is 5. The zero-order valence-corrected chi connectivity index (χ0v) is 6.62. The molecular weight excluding hydrogens is 132 g/mol. The molecule has 0 radical (unpaired) electrons. The molecule has 0 saturated heterocycles. The fraction of sp³-hybridized carbons (Fsp3) is 0.714. The molecule has 0 aromatic carbocycles. The lowest BCUT2D eigenvalue weighted by Gasteiger charge is -1.83. The second kappa shape index (κ2) is 7.76. The second-order valence-electron chi connectivity index (χ2n) is 1.89. The molecule has 0 fully saturated rings. The largest absolute Gasteiger partial charge is 0.458 e. The van der Waals surface area contributed by atoms with Gasteiger partial charge in [0.1, 0.15) is 0 Å². The highest BCUT2D eigenvalue weighted by Crippen LogP contribution is 1.95. The Balaban J connectivity index is 2.82. The molecule has 1 nitrogen and oxygen atoms in total. The Bertz CT molecular complexity index is 88.9. The van der Waals surface area contributed by atoms with E-state index in [1.807, 2.05) is 13.0 Å². The van der Waals surface area contributed by atoms with Crippen LogP contribution in [0, 0.1) is 0 Å². The fourth-order valence-electron chi connectivity index (χ4n) is 0.590. The molecule has 2 heteroatoms. The van der Waals surface area contributed by atoms with Gasteiger partial charge in [-0.2, -0.15) is 0 Å². The third-order valence-corrected chi connectivity index (χ3v) is 1.54. The molecule has 0 aromatic rings. The average Bonchev–Trinajstić information content (AvgIpc) is 1.89. The Kier molecular flexibility index (Phi) is 7.55. The monoisotopic (exact) mass is 145 g/mol. The van der Waals surface area contributed by atoms with Crippen LogP contribution < -0.4 is 0 Å². The summed E-state index contributed by atoms with van der Waals surface area (Å²) in [7, 11) is 0. The summed E-state index contributed by atoms with van der Waals surface area (Å²) in [5.74, 6) is 0.761. The second-order valence-corrected chi connectivity index (χ2v) is 2.53. The van der Waals surface area contributed by atoms with Crippen molar-refractivity contribution in [1.29, 1.82) is 0 Å². The number of allylic oxidation sites excluding steroid dienone is 2. The molecule has 0 bridgehead atoms. The summed E-state index contributed by atoms with van der Waals surface area (Å²) in [5, 5.41) is 0. The van der Waals surface area contributed by atoms with Gasteiger partial charge in [-0.15, -0.1) is 0 Å². The molecule has 0 unspecified atom stereocenters. The Hall–Kier alpha value is -0.240. The highest BCUT2D eigenvalue weighted by Gasteiger charge is 1.94. The van der Waals surface area contributed by atoms with Crippen molar-refractivity contribution < 1.29 is 4.21 Å². The molecule has 0 amide bonds. The highest BCUT2D eigenvalue weighted by atomic mass is 32.1. The topological polar surface area (TPSA) is 17.1 Å². The first kappa shape index (κ1) is 8.76. The number of hydrogen-bond acceptors (Lipinski definition) is 1. The standard InChI is InChI=1S/C7H13OS/c1-2-3-4-5-6-7-9-8/h2-3H,4-7H2,1H3/q+1. The lowest BCUT2D eigenvalue weighted by atomic mass is 10.2.